The summed E-state index contributed by atoms with van der Waals surface area (Å²) in [4.78, 5) is 12.1. The Hall–Kier alpha value is -1.38. The number of carbonyl (C=O) groups is 1. The molecule has 0 aliphatic carbocycles. The third kappa shape index (κ3) is 5.56. The first-order chi connectivity index (χ1) is 12.1. The number of hydrogen-bond donors (Lipinski definition) is 2. The quantitative estimate of drug-likeness (QED) is 0.751. The smallest absolute Gasteiger partial charge is 0.243 e. The van der Waals surface area contributed by atoms with Gasteiger partial charge in [0, 0.05) is 31.3 Å². The van der Waals surface area contributed by atoms with E-state index in [1.54, 1.807) is 12.1 Å². The number of aromatic nitrogens is 3. The predicted octanol–water partition coefficient (Wildman–Crippen LogP) is 3.08. The van der Waals surface area contributed by atoms with E-state index in [1.807, 2.05) is 6.07 Å². The van der Waals surface area contributed by atoms with Gasteiger partial charge in [0.1, 0.15) is 11.9 Å². The van der Waals surface area contributed by atoms with E-state index in [1.165, 1.54) is 13.5 Å². The molecule has 1 atom stereocenters. The minimum Gasteiger partial charge on any atom is -0.383 e. The van der Waals surface area contributed by atoms with Gasteiger partial charge >= 0.3 is 0 Å². The lowest BCUT2D eigenvalue weighted by Crippen LogP contribution is -2.39. The van der Waals surface area contributed by atoms with E-state index in [2.05, 4.69) is 20.1 Å². The molecule has 7 nitrogen and oxygen atoms in total. The van der Waals surface area contributed by atoms with Gasteiger partial charge in [-0.1, -0.05) is 18.0 Å². The van der Waals surface area contributed by atoms with Gasteiger partial charge in [-0.05, 0) is 31.0 Å². The topological polar surface area (TPSA) is 95.1 Å². The van der Waals surface area contributed by atoms with Gasteiger partial charge in [-0.2, -0.15) is 0 Å². The van der Waals surface area contributed by atoms with Crippen LogP contribution in [0.25, 0.3) is 11.4 Å². The molecule has 27 heavy (non-hydrogen) atoms. The maximum atomic E-state index is 12.1. The van der Waals surface area contributed by atoms with Gasteiger partial charge in [0.2, 0.25) is 5.91 Å². The molecule has 0 saturated heterocycles. The molecule has 2 heterocycles. The van der Waals surface area contributed by atoms with Crippen molar-refractivity contribution in [3.8, 4) is 11.4 Å². The summed E-state index contributed by atoms with van der Waals surface area (Å²) in [7, 11) is 1.50. The first-order valence-electron chi connectivity index (χ1n) is 8.37. The van der Waals surface area contributed by atoms with Crippen LogP contribution in [0, 0.1) is 0 Å². The summed E-state index contributed by atoms with van der Waals surface area (Å²) in [6.45, 7) is 1.03. The average Bonchev–Trinajstić information content (AvgIpc) is 2.84. The fraction of sp³-hybridized carbons (Fsp3) is 0.471. The lowest BCUT2D eigenvalue weighted by atomic mass is 10.1. The molecule has 1 unspecified atom stereocenters. The number of carbonyl (C=O) groups excluding carboxylic acids is 1. The number of rotatable bonds is 5. The van der Waals surface area contributed by atoms with Gasteiger partial charge < -0.3 is 20.4 Å². The second-order valence-corrected chi connectivity index (χ2v) is 6.56. The second-order valence-electron chi connectivity index (χ2n) is 6.15. The van der Waals surface area contributed by atoms with Crippen molar-refractivity contribution in [2.24, 2.45) is 5.73 Å². The standard InChI is InChI=1S/C17H22ClN5O2.2ClH/c1-25-10-14(19)17(24)20-11-6-7-13(18)12(9-11)16-22-21-15-5-3-2-4-8-23(15)16;;/h6-7,9,14H,2-5,8,10,19H2,1H3,(H,20,24);2*1H. The first-order valence-corrected chi connectivity index (χ1v) is 8.75. The molecule has 10 heteroatoms. The number of methoxy groups -OCH3 is 1. The Morgan fingerprint density at radius 3 is 2.85 bits per heavy atom. The molecular weight excluding hydrogens is 413 g/mol. The number of benzene rings is 1. The van der Waals surface area contributed by atoms with Gasteiger partial charge in [-0.3, -0.25) is 4.79 Å². The summed E-state index contributed by atoms with van der Waals surface area (Å²) >= 11 is 6.38. The van der Waals surface area contributed by atoms with Crippen LogP contribution < -0.4 is 11.1 Å². The first kappa shape index (κ1) is 23.7. The number of nitrogens with one attached hydrogen (secondary N) is 1. The fourth-order valence-electron chi connectivity index (χ4n) is 2.95. The summed E-state index contributed by atoms with van der Waals surface area (Å²) in [6, 6.07) is 4.56. The Balaban J connectivity index is 0.00000182. The molecule has 0 saturated carbocycles. The number of hydrogen-bond acceptors (Lipinski definition) is 5. The zero-order valence-corrected chi connectivity index (χ0v) is 17.4. The second kappa shape index (κ2) is 10.8. The van der Waals surface area contributed by atoms with Crippen LogP contribution in [0.2, 0.25) is 5.02 Å². The highest BCUT2D eigenvalue weighted by atomic mass is 35.5. The maximum absolute atomic E-state index is 12.1. The number of halogens is 3. The van der Waals surface area contributed by atoms with Gasteiger partial charge in [-0.15, -0.1) is 35.0 Å². The Morgan fingerprint density at radius 1 is 1.33 bits per heavy atom. The highest BCUT2D eigenvalue weighted by Crippen LogP contribution is 2.31. The molecule has 0 bridgehead atoms. The zero-order chi connectivity index (χ0) is 17.8. The van der Waals surface area contributed by atoms with Crippen molar-refractivity contribution in [2.45, 2.75) is 38.3 Å². The monoisotopic (exact) mass is 435 g/mol. The molecule has 150 valence electrons. The summed E-state index contributed by atoms with van der Waals surface area (Å²) in [6.07, 6.45) is 4.33. The number of amides is 1. The molecule has 1 amide bonds. The molecule has 2 aromatic rings. The van der Waals surface area contributed by atoms with Gasteiger partial charge in [0.25, 0.3) is 0 Å². The Bertz CT molecular complexity index is 769. The molecule has 1 aromatic heterocycles. The van der Waals surface area contributed by atoms with Gasteiger partial charge in [0.05, 0.1) is 11.6 Å². The number of nitrogens with zero attached hydrogens (tertiary/aromatic N) is 3. The van der Waals surface area contributed by atoms with Crippen molar-refractivity contribution >= 4 is 48.0 Å². The molecule has 1 aromatic carbocycles. The highest BCUT2D eigenvalue weighted by Gasteiger charge is 2.19. The summed E-state index contributed by atoms with van der Waals surface area (Å²) in [5, 5.41) is 12.0. The van der Waals surface area contributed by atoms with E-state index >= 15 is 0 Å². The lowest BCUT2D eigenvalue weighted by molar-refractivity contribution is -0.118. The van der Waals surface area contributed by atoms with Crippen LogP contribution in [-0.2, 0) is 22.5 Å². The molecule has 3 N–H and O–H groups in total. The van der Waals surface area contributed by atoms with Crippen molar-refractivity contribution in [1.82, 2.24) is 14.8 Å². The van der Waals surface area contributed by atoms with E-state index in [4.69, 9.17) is 22.1 Å². The third-order valence-electron chi connectivity index (χ3n) is 4.27. The maximum Gasteiger partial charge on any atom is 0.243 e. The van der Waals surface area contributed by atoms with E-state index in [-0.39, 0.29) is 37.3 Å². The minimum absolute atomic E-state index is 0. The Morgan fingerprint density at radius 2 is 2.11 bits per heavy atom. The highest BCUT2D eigenvalue weighted by molar-refractivity contribution is 6.33. The molecule has 1 aliphatic heterocycles. The lowest BCUT2D eigenvalue weighted by Gasteiger charge is -2.13. The average molecular weight is 437 g/mol. The van der Waals surface area contributed by atoms with Gasteiger partial charge in [-0.25, -0.2) is 0 Å². The minimum atomic E-state index is -0.728. The number of nitrogens with two attached hydrogens (primary N) is 1. The molecule has 0 fully saturated rings. The summed E-state index contributed by atoms with van der Waals surface area (Å²) < 4.78 is 7.03. The Kier molecular flexibility index (Phi) is 9.49. The van der Waals surface area contributed by atoms with Crippen LogP contribution in [-0.4, -0.2) is 40.4 Å². The van der Waals surface area contributed by atoms with Crippen molar-refractivity contribution in [3.05, 3.63) is 29.0 Å². The van der Waals surface area contributed by atoms with Crippen molar-refractivity contribution in [2.75, 3.05) is 19.0 Å². The normalized spacial score (nSPS) is 14.2. The van der Waals surface area contributed by atoms with Crippen LogP contribution in [0.3, 0.4) is 0 Å². The third-order valence-corrected chi connectivity index (χ3v) is 4.60. The molecule has 0 spiro atoms. The molecule has 3 rings (SSSR count). The zero-order valence-electron chi connectivity index (χ0n) is 15.0. The number of aryl methyl sites for hydroxylation is 1. The van der Waals surface area contributed by atoms with Crippen molar-refractivity contribution < 1.29 is 9.53 Å². The Labute approximate surface area is 175 Å². The SMILES string of the molecule is COCC(N)C(=O)Nc1ccc(Cl)c(-c2nnc3n2CCCCC3)c1.Cl.Cl. The summed E-state index contributed by atoms with van der Waals surface area (Å²) in [5.74, 6) is 1.41. The van der Waals surface area contributed by atoms with Crippen LogP contribution in [0.15, 0.2) is 18.2 Å². The number of fused-ring (bicyclic) bond motifs is 1. The van der Waals surface area contributed by atoms with E-state index in [9.17, 15) is 4.79 Å². The fourth-order valence-corrected chi connectivity index (χ4v) is 3.15. The van der Waals surface area contributed by atoms with E-state index in [0.29, 0.717) is 10.7 Å². The van der Waals surface area contributed by atoms with Crippen molar-refractivity contribution in [1.29, 1.82) is 0 Å². The predicted molar refractivity (Wildman–Crippen MR) is 111 cm³/mol. The number of anilines is 1. The molecule has 1 aliphatic rings. The van der Waals surface area contributed by atoms with Crippen LogP contribution >= 0.6 is 36.4 Å². The molecular formula is C17H24Cl3N5O2. The van der Waals surface area contributed by atoms with Gasteiger partial charge in [0.15, 0.2) is 5.82 Å². The largest absolute Gasteiger partial charge is 0.383 e. The van der Waals surface area contributed by atoms with Crippen molar-refractivity contribution in [3.63, 3.8) is 0 Å². The number of ether oxygens (including phenoxy) is 1. The molecule has 0 radical (unpaired) electrons. The van der Waals surface area contributed by atoms with Crippen LogP contribution in [0.1, 0.15) is 25.1 Å². The van der Waals surface area contributed by atoms with Crippen LogP contribution in [0.5, 0.6) is 0 Å². The van der Waals surface area contributed by atoms with Crippen LogP contribution in [0.4, 0.5) is 5.69 Å². The van der Waals surface area contributed by atoms with E-state index in [0.717, 1.165) is 43.0 Å². The van der Waals surface area contributed by atoms with E-state index < -0.39 is 6.04 Å². The summed E-state index contributed by atoms with van der Waals surface area (Å²) in [5.41, 5.74) is 7.12.